The molecule has 1 heterocycles. The number of likely N-dealkylation sites (tertiary alicyclic amines) is 1. The Bertz CT molecular complexity index is 534. The number of nitrogens with zero attached hydrogens (tertiary/aromatic N) is 2. The van der Waals surface area contributed by atoms with Crippen LogP contribution < -0.4 is 0 Å². The number of aliphatic hydroxyl groups excluding tert-OH is 1. The molecule has 0 radical (unpaired) electrons. The molecule has 1 saturated heterocycles. The van der Waals surface area contributed by atoms with Crippen LogP contribution in [0, 0.1) is 10.1 Å². The van der Waals surface area contributed by atoms with Gasteiger partial charge in [-0.05, 0) is 24.5 Å². The third kappa shape index (κ3) is 3.64. The Morgan fingerprint density at radius 3 is 2.75 bits per heavy atom. The number of nitro benzene ring substituents is 1. The van der Waals surface area contributed by atoms with Crippen LogP contribution in [0.4, 0.5) is 5.69 Å². The van der Waals surface area contributed by atoms with Gasteiger partial charge in [0.1, 0.15) is 0 Å². The van der Waals surface area contributed by atoms with Crippen LogP contribution in [-0.2, 0) is 4.79 Å². The third-order valence-corrected chi connectivity index (χ3v) is 3.28. The van der Waals surface area contributed by atoms with E-state index >= 15 is 0 Å². The van der Waals surface area contributed by atoms with Crippen LogP contribution in [0.5, 0.6) is 0 Å². The molecule has 0 unspecified atom stereocenters. The van der Waals surface area contributed by atoms with Gasteiger partial charge in [0.15, 0.2) is 0 Å². The van der Waals surface area contributed by atoms with Gasteiger partial charge in [0.2, 0.25) is 5.91 Å². The second kappa shape index (κ2) is 6.29. The topological polar surface area (TPSA) is 83.7 Å². The molecule has 0 saturated carbocycles. The summed E-state index contributed by atoms with van der Waals surface area (Å²) in [7, 11) is 0. The molecule has 0 aliphatic carbocycles. The van der Waals surface area contributed by atoms with Crippen molar-refractivity contribution >= 4 is 17.7 Å². The molecule has 6 nitrogen and oxygen atoms in total. The first kappa shape index (κ1) is 14.2. The highest BCUT2D eigenvalue weighted by atomic mass is 16.6. The van der Waals surface area contributed by atoms with Crippen molar-refractivity contribution < 1.29 is 14.8 Å². The number of carbonyl (C=O) groups is 1. The van der Waals surface area contributed by atoms with Gasteiger partial charge in [0.25, 0.3) is 5.69 Å². The van der Waals surface area contributed by atoms with Gasteiger partial charge < -0.3 is 10.0 Å². The van der Waals surface area contributed by atoms with Gasteiger partial charge >= 0.3 is 0 Å². The lowest BCUT2D eigenvalue weighted by molar-refractivity contribution is -0.384. The van der Waals surface area contributed by atoms with Crippen molar-refractivity contribution in [3.05, 3.63) is 46.0 Å². The van der Waals surface area contributed by atoms with Crippen molar-refractivity contribution in [2.45, 2.75) is 18.9 Å². The van der Waals surface area contributed by atoms with Gasteiger partial charge in [-0.1, -0.05) is 12.1 Å². The first-order chi connectivity index (χ1) is 9.56. The lowest BCUT2D eigenvalue weighted by Gasteiger charge is -2.28. The van der Waals surface area contributed by atoms with Crippen molar-refractivity contribution in [1.29, 1.82) is 0 Å². The lowest BCUT2D eigenvalue weighted by atomic mass is 10.1. The van der Waals surface area contributed by atoms with Gasteiger partial charge in [-0.2, -0.15) is 0 Å². The minimum atomic E-state index is -0.467. The van der Waals surface area contributed by atoms with Crippen LogP contribution in [0.2, 0.25) is 0 Å². The largest absolute Gasteiger partial charge is 0.393 e. The zero-order valence-electron chi connectivity index (χ0n) is 10.9. The molecular weight excluding hydrogens is 260 g/mol. The van der Waals surface area contributed by atoms with Crippen molar-refractivity contribution in [3.63, 3.8) is 0 Å². The van der Waals surface area contributed by atoms with Crippen molar-refractivity contribution in [2.75, 3.05) is 13.1 Å². The van der Waals surface area contributed by atoms with Crippen LogP contribution in [0.25, 0.3) is 6.08 Å². The molecule has 1 aliphatic rings. The molecule has 1 N–H and O–H groups in total. The zero-order chi connectivity index (χ0) is 14.5. The van der Waals surface area contributed by atoms with E-state index in [4.69, 9.17) is 0 Å². The Kier molecular flexibility index (Phi) is 4.47. The number of piperidine rings is 1. The summed E-state index contributed by atoms with van der Waals surface area (Å²) in [4.78, 5) is 23.8. The number of hydrogen-bond acceptors (Lipinski definition) is 4. The van der Waals surface area contributed by atoms with Crippen LogP contribution in [0.3, 0.4) is 0 Å². The van der Waals surface area contributed by atoms with E-state index in [1.807, 2.05) is 0 Å². The number of non-ortho nitro benzene ring substituents is 1. The summed E-state index contributed by atoms with van der Waals surface area (Å²) in [6, 6.07) is 6.12. The predicted molar refractivity (Wildman–Crippen MR) is 74.0 cm³/mol. The average Bonchev–Trinajstić information content (AvgIpc) is 2.46. The van der Waals surface area contributed by atoms with E-state index < -0.39 is 4.92 Å². The molecule has 20 heavy (non-hydrogen) atoms. The van der Waals surface area contributed by atoms with E-state index in [1.54, 1.807) is 23.1 Å². The highest BCUT2D eigenvalue weighted by Gasteiger charge is 2.19. The molecule has 0 atom stereocenters. The quantitative estimate of drug-likeness (QED) is 0.516. The summed E-state index contributed by atoms with van der Waals surface area (Å²) in [5.41, 5.74) is 0.616. The molecule has 106 valence electrons. The molecule has 1 aromatic carbocycles. The van der Waals surface area contributed by atoms with Crippen molar-refractivity contribution in [1.82, 2.24) is 4.90 Å². The molecule has 0 bridgehead atoms. The molecule has 0 spiro atoms. The van der Waals surface area contributed by atoms with E-state index in [0.29, 0.717) is 31.5 Å². The smallest absolute Gasteiger partial charge is 0.270 e. The summed E-state index contributed by atoms with van der Waals surface area (Å²) in [5, 5.41) is 20.0. The number of aliphatic hydroxyl groups is 1. The Morgan fingerprint density at radius 1 is 1.40 bits per heavy atom. The summed E-state index contributed by atoms with van der Waals surface area (Å²) >= 11 is 0. The number of amides is 1. The lowest BCUT2D eigenvalue weighted by Crippen LogP contribution is -2.39. The number of benzene rings is 1. The Balaban J connectivity index is 2.00. The minimum absolute atomic E-state index is 0.000642. The molecule has 1 amide bonds. The zero-order valence-corrected chi connectivity index (χ0v) is 10.9. The number of carbonyl (C=O) groups excluding carboxylic acids is 1. The minimum Gasteiger partial charge on any atom is -0.393 e. The number of rotatable bonds is 3. The summed E-state index contributed by atoms with van der Waals surface area (Å²) in [6.07, 6.45) is 3.85. The molecule has 6 heteroatoms. The van der Waals surface area contributed by atoms with Crippen LogP contribution in [0.1, 0.15) is 18.4 Å². The fourth-order valence-electron chi connectivity index (χ4n) is 2.10. The van der Waals surface area contributed by atoms with E-state index in [2.05, 4.69) is 0 Å². The van der Waals surface area contributed by atoms with Crippen LogP contribution in [0.15, 0.2) is 30.3 Å². The number of hydrogen-bond donors (Lipinski definition) is 1. The van der Waals surface area contributed by atoms with Crippen LogP contribution >= 0.6 is 0 Å². The highest BCUT2D eigenvalue weighted by Crippen LogP contribution is 2.15. The van der Waals surface area contributed by atoms with E-state index in [0.717, 1.165) is 0 Å². The van der Waals surface area contributed by atoms with Gasteiger partial charge in [-0.25, -0.2) is 0 Å². The molecule has 0 aromatic heterocycles. The van der Waals surface area contributed by atoms with Crippen molar-refractivity contribution in [2.24, 2.45) is 0 Å². The SMILES string of the molecule is O=C(/C=C/c1cccc([N+](=O)[O-])c1)N1CCC(O)CC1. The fraction of sp³-hybridized carbons (Fsp3) is 0.357. The van der Waals surface area contributed by atoms with Crippen LogP contribution in [-0.4, -0.2) is 40.0 Å². The van der Waals surface area contributed by atoms with Gasteiger partial charge in [-0.3, -0.25) is 14.9 Å². The van der Waals surface area contributed by atoms with E-state index in [-0.39, 0.29) is 17.7 Å². The summed E-state index contributed by atoms with van der Waals surface area (Å²) in [5.74, 6) is -0.136. The normalized spacial score (nSPS) is 16.6. The standard InChI is InChI=1S/C14H16N2O4/c17-13-6-8-15(9-7-13)14(18)5-4-11-2-1-3-12(10-11)16(19)20/h1-5,10,13,17H,6-9H2/b5-4+. The summed E-state index contributed by atoms with van der Waals surface area (Å²) in [6.45, 7) is 1.08. The molecule has 1 aliphatic heterocycles. The highest BCUT2D eigenvalue weighted by molar-refractivity contribution is 5.91. The van der Waals surface area contributed by atoms with E-state index in [1.165, 1.54) is 18.2 Å². The Hall–Kier alpha value is -2.21. The predicted octanol–water partition coefficient (Wildman–Crippen LogP) is 1.59. The molecular formula is C14H16N2O4. The second-order valence-electron chi connectivity index (χ2n) is 4.74. The number of nitro groups is 1. The maximum absolute atomic E-state index is 11.9. The summed E-state index contributed by atoms with van der Waals surface area (Å²) < 4.78 is 0. The van der Waals surface area contributed by atoms with Gasteiger partial charge in [0.05, 0.1) is 11.0 Å². The van der Waals surface area contributed by atoms with Gasteiger partial charge in [-0.15, -0.1) is 0 Å². The maximum Gasteiger partial charge on any atom is 0.270 e. The molecule has 1 aromatic rings. The fourth-order valence-corrected chi connectivity index (χ4v) is 2.10. The molecule has 1 fully saturated rings. The first-order valence-electron chi connectivity index (χ1n) is 6.46. The van der Waals surface area contributed by atoms with E-state index in [9.17, 15) is 20.0 Å². The molecule has 2 rings (SSSR count). The Morgan fingerprint density at radius 2 is 2.10 bits per heavy atom. The third-order valence-electron chi connectivity index (χ3n) is 3.28. The second-order valence-corrected chi connectivity index (χ2v) is 4.74. The average molecular weight is 276 g/mol. The monoisotopic (exact) mass is 276 g/mol. The maximum atomic E-state index is 11.9. The van der Waals surface area contributed by atoms with Crippen molar-refractivity contribution in [3.8, 4) is 0 Å². The first-order valence-corrected chi connectivity index (χ1v) is 6.46. The van der Waals surface area contributed by atoms with Gasteiger partial charge in [0, 0.05) is 31.3 Å². The Labute approximate surface area is 116 Å².